The van der Waals surface area contributed by atoms with Crippen LogP contribution in [0.2, 0.25) is 0 Å². The molecule has 0 spiro atoms. The number of H-pyrrole nitrogens is 1. The van der Waals surface area contributed by atoms with Crippen molar-refractivity contribution < 1.29 is 0 Å². The summed E-state index contributed by atoms with van der Waals surface area (Å²) in [5.74, 6) is 0.492. The summed E-state index contributed by atoms with van der Waals surface area (Å²) >= 11 is 1.36. The Morgan fingerprint density at radius 3 is 2.84 bits per heavy atom. The molecule has 0 saturated carbocycles. The van der Waals surface area contributed by atoms with E-state index in [1.807, 2.05) is 12.3 Å². The summed E-state index contributed by atoms with van der Waals surface area (Å²) in [4.78, 5) is 30.8. The molecule has 0 aromatic carbocycles. The Hall–Kier alpha value is -2.15. The summed E-state index contributed by atoms with van der Waals surface area (Å²) < 4.78 is 3.74. The molecule has 19 heavy (non-hydrogen) atoms. The zero-order chi connectivity index (χ0) is 13.4. The third-order valence-corrected chi connectivity index (χ3v) is 3.85. The van der Waals surface area contributed by atoms with Crippen molar-refractivity contribution in [2.45, 2.75) is 20.0 Å². The molecule has 3 aromatic heterocycles. The first-order chi connectivity index (χ1) is 9.19. The summed E-state index contributed by atoms with van der Waals surface area (Å²) in [5.41, 5.74) is 0.417. The number of hydrogen-bond acceptors (Lipinski definition) is 4. The van der Waals surface area contributed by atoms with Crippen LogP contribution in [-0.4, -0.2) is 19.1 Å². The van der Waals surface area contributed by atoms with Crippen molar-refractivity contribution in [1.82, 2.24) is 19.1 Å². The first-order valence-corrected chi connectivity index (χ1v) is 6.79. The topological polar surface area (TPSA) is 72.7 Å². The van der Waals surface area contributed by atoms with E-state index < -0.39 is 0 Å². The second-order valence-corrected chi connectivity index (χ2v) is 5.06. The minimum atomic E-state index is -0.155. The highest BCUT2D eigenvalue weighted by molar-refractivity contribution is 7.17. The van der Waals surface area contributed by atoms with Crippen LogP contribution >= 0.6 is 11.3 Å². The number of aryl methyl sites for hydroxylation is 1. The van der Waals surface area contributed by atoms with Crippen LogP contribution in [0.1, 0.15) is 12.7 Å². The predicted molar refractivity (Wildman–Crippen MR) is 73.7 cm³/mol. The van der Waals surface area contributed by atoms with Crippen molar-refractivity contribution in [2.75, 3.05) is 0 Å². The van der Waals surface area contributed by atoms with Crippen molar-refractivity contribution in [1.29, 1.82) is 0 Å². The number of rotatable bonds is 3. The molecule has 3 aromatic rings. The number of nitrogens with zero attached hydrogens (tertiary/aromatic N) is 3. The predicted octanol–water partition coefficient (Wildman–Crippen LogP) is 1.02. The Bertz CT molecular complexity index is 839. The van der Waals surface area contributed by atoms with Gasteiger partial charge in [-0.3, -0.25) is 13.9 Å². The lowest BCUT2D eigenvalue weighted by Crippen LogP contribution is -2.25. The van der Waals surface area contributed by atoms with E-state index in [4.69, 9.17) is 0 Å². The molecule has 6 nitrogen and oxygen atoms in total. The SMILES string of the molecule is CCn1ccn(Cc2nc3ccsc3c(=O)[nH]2)c1=O. The van der Waals surface area contributed by atoms with Crippen LogP contribution in [0.25, 0.3) is 10.2 Å². The van der Waals surface area contributed by atoms with Crippen LogP contribution in [0.4, 0.5) is 0 Å². The van der Waals surface area contributed by atoms with Gasteiger partial charge in [-0.25, -0.2) is 9.78 Å². The van der Waals surface area contributed by atoms with E-state index in [1.54, 1.807) is 23.0 Å². The monoisotopic (exact) mass is 276 g/mol. The molecule has 0 radical (unpaired) electrons. The second-order valence-electron chi connectivity index (χ2n) is 4.14. The molecule has 0 bridgehead atoms. The van der Waals surface area contributed by atoms with Crippen LogP contribution in [0.15, 0.2) is 33.4 Å². The summed E-state index contributed by atoms with van der Waals surface area (Å²) in [5, 5.41) is 1.83. The number of imidazole rings is 1. The number of thiophene rings is 1. The quantitative estimate of drug-likeness (QED) is 0.776. The van der Waals surface area contributed by atoms with E-state index in [0.717, 1.165) is 0 Å². The molecular weight excluding hydrogens is 264 g/mol. The van der Waals surface area contributed by atoms with Gasteiger partial charge in [0.05, 0.1) is 12.1 Å². The highest BCUT2D eigenvalue weighted by Crippen LogP contribution is 2.13. The number of aromatic amines is 1. The molecule has 3 rings (SSSR count). The van der Waals surface area contributed by atoms with Crippen LogP contribution in [0, 0.1) is 0 Å². The van der Waals surface area contributed by atoms with Gasteiger partial charge in [0.15, 0.2) is 0 Å². The van der Waals surface area contributed by atoms with Gasteiger partial charge in [-0.15, -0.1) is 11.3 Å². The van der Waals surface area contributed by atoms with Crippen LogP contribution in [0.3, 0.4) is 0 Å². The van der Waals surface area contributed by atoms with E-state index in [-0.39, 0.29) is 17.8 Å². The van der Waals surface area contributed by atoms with Crippen molar-refractivity contribution in [2.24, 2.45) is 0 Å². The molecule has 0 fully saturated rings. The fourth-order valence-electron chi connectivity index (χ4n) is 1.97. The maximum atomic E-state index is 11.9. The van der Waals surface area contributed by atoms with Crippen molar-refractivity contribution in [3.63, 3.8) is 0 Å². The van der Waals surface area contributed by atoms with Gasteiger partial charge in [-0.1, -0.05) is 0 Å². The maximum absolute atomic E-state index is 11.9. The molecular formula is C12H12N4O2S. The normalized spacial score (nSPS) is 11.2. The van der Waals surface area contributed by atoms with E-state index >= 15 is 0 Å². The van der Waals surface area contributed by atoms with Crippen molar-refractivity contribution in [3.8, 4) is 0 Å². The maximum Gasteiger partial charge on any atom is 0.328 e. The Balaban J connectivity index is 2.03. The highest BCUT2D eigenvalue weighted by atomic mass is 32.1. The molecule has 0 aliphatic carbocycles. The van der Waals surface area contributed by atoms with E-state index in [2.05, 4.69) is 9.97 Å². The Labute approximate surface area is 112 Å². The minimum absolute atomic E-state index is 0.101. The zero-order valence-corrected chi connectivity index (χ0v) is 11.1. The molecule has 0 atom stereocenters. The van der Waals surface area contributed by atoms with Gasteiger partial charge in [0.2, 0.25) is 0 Å². The smallest absolute Gasteiger partial charge is 0.308 e. The largest absolute Gasteiger partial charge is 0.328 e. The average molecular weight is 276 g/mol. The lowest BCUT2D eigenvalue weighted by atomic mass is 10.4. The first kappa shape index (κ1) is 11.9. The standard InChI is InChI=1S/C12H12N4O2S/c1-2-15-4-5-16(12(15)18)7-9-13-8-3-6-19-10(8)11(17)14-9/h3-6H,2,7H2,1H3,(H,13,14,17). The molecule has 3 heterocycles. The molecule has 0 saturated heterocycles. The summed E-state index contributed by atoms with van der Waals surface area (Å²) in [6.45, 7) is 2.80. The van der Waals surface area contributed by atoms with Gasteiger partial charge in [-0.05, 0) is 18.4 Å². The fourth-order valence-corrected chi connectivity index (χ4v) is 2.70. The third kappa shape index (κ3) is 2.01. The average Bonchev–Trinajstić information content (AvgIpc) is 2.98. The number of nitrogens with one attached hydrogen (secondary N) is 1. The van der Waals surface area contributed by atoms with Crippen LogP contribution < -0.4 is 11.2 Å². The number of aromatic nitrogens is 4. The number of fused-ring (bicyclic) bond motifs is 1. The Morgan fingerprint density at radius 2 is 2.11 bits per heavy atom. The van der Waals surface area contributed by atoms with Gasteiger partial charge in [0.1, 0.15) is 10.5 Å². The lowest BCUT2D eigenvalue weighted by molar-refractivity contribution is 0.653. The van der Waals surface area contributed by atoms with Crippen molar-refractivity contribution >= 4 is 21.6 Å². The van der Waals surface area contributed by atoms with Crippen LogP contribution in [-0.2, 0) is 13.1 Å². The second kappa shape index (κ2) is 4.51. The number of hydrogen-bond donors (Lipinski definition) is 1. The van der Waals surface area contributed by atoms with Gasteiger partial charge < -0.3 is 4.98 Å². The van der Waals surface area contributed by atoms with E-state index in [1.165, 1.54) is 15.9 Å². The highest BCUT2D eigenvalue weighted by Gasteiger charge is 2.07. The molecule has 1 N–H and O–H groups in total. The lowest BCUT2D eigenvalue weighted by Gasteiger charge is -2.01. The van der Waals surface area contributed by atoms with Crippen LogP contribution in [0.5, 0.6) is 0 Å². The Kier molecular flexibility index (Phi) is 2.83. The molecule has 0 aliphatic rings. The summed E-state index contributed by atoms with van der Waals surface area (Å²) in [6.07, 6.45) is 3.42. The van der Waals surface area contributed by atoms with Crippen molar-refractivity contribution in [3.05, 3.63) is 50.5 Å². The molecule has 0 amide bonds. The van der Waals surface area contributed by atoms with E-state index in [9.17, 15) is 9.59 Å². The van der Waals surface area contributed by atoms with Gasteiger partial charge in [-0.2, -0.15) is 0 Å². The molecule has 7 heteroatoms. The first-order valence-electron chi connectivity index (χ1n) is 5.91. The zero-order valence-electron chi connectivity index (χ0n) is 10.3. The summed E-state index contributed by atoms with van der Waals surface area (Å²) in [7, 11) is 0. The third-order valence-electron chi connectivity index (χ3n) is 2.94. The van der Waals surface area contributed by atoms with Gasteiger partial charge in [0, 0.05) is 18.9 Å². The van der Waals surface area contributed by atoms with Gasteiger partial charge in [0.25, 0.3) is 5.56 Å². The summed E-state index contributed by atoms with van der Waals surface area (Å²) in [6, 6.07) is 1.80. The molecule has 0 unspecified atom stereocenters. The molecule has 0 aliphatic heterocycles. The Morgan fingerprint density at radius 1 is 1.32 bits per heavy atom. The fraction of sp³-hybridized carbons (Fsp3) is 0.250. The van der Waals surface area contributed by atoms with E-state index in [0.29, 0.717) is 22.6 Å². The molecule has 98 valence electrons. The minimum Gasteiger partial charge on any atom is -0.308 e. The van der Waals surface area contributed by atoms with Gasteiger partial charge >= 0.3 is 5.69 Å².